The molecular formula is C71H90N7O4+3. The summed E-state index contributed by atoms with van der Waals surface area (Å²) in [6.45, 7) is 8.04. The highest BCUT2D eigenvalue weighted by atomic mass is 16.5. The van der Waals surface area contributed by atoms with Crippen molar-refractivity contribution >= 4 is 46.4 Å². The van der Waals surface area contributed by atoms with Gasteiger partial charge >= 0.3 is 0 Å². The summed E-state index contributed by atoms with van der Waals surface area (Å²) in [6.07, 6.45) is 20.2. The first kappa shape index (κ1) is 59.2. The molecule has 4 aromatic carbocycles. The van der Waals surface area contributed by atoms with E-state index in [0.29, 0.717) is 26.4 Å². The zero-order valence-corrected chi connectivity index (χ0v) is 50.7. The van der Waals surface area contributed by atoms with Gasteiger partial charge < -0.3 is 42.4 Å². The molecule has 0 saturated heterocycles. The van der Waals surface area contributed by atoms with Gasteiger partial charge in [0, 0.05) is 63.6 Å². The van der Waals surface area contributed by atoms with Crippen LogP contribution in [-0.2, 0) is 0 Å². The predicted octanol–water partition coefficient (Wildman–Crippen LogP) is 15.9. The van der Waals surface area contributed by atoms with Crippen LogP contribution in [0.25, 0.3) is 90.9 Å². The van der Waals surface area contributed by atoms with Gasteiger partial charge in [-0.3, -0.25) is 0 Å². The molecule has 430 valence electrons. The fraction of sp³-hybridized carbons (Fsp3) is 0.380. The van der Waals surface area contributed by atoms with E-state index < -0.39 is 0 Å². The molecular weight excluding hydrogens is 1010 g/mol. The van der Waals surface area contributed by atoms with E-state index in [9.17, 15) is 0 Å². The molecule has 0 fully saturated rings. The normalized spacial score (nSPS) is 12.5. The smallest absolute Gasteiger partial charge is 0.119 e. The van der Waals surface area contributed by atoms with E-state index >= 15 is 0 Å². The zero-order chi connectivity index (χ0) is 57.7. The SMILES string of the molecule is CCCCCCCCCOc1ccc(-c2c3nc(c(-c4ccc(OCCC[N+](C)(C)C)cc4)c4ccc([nH]4)c(-c4ccc(OCCC[N+](C)(C)C)cc4)c4nc(c(-c5ccc(OCCC[N+](C)(C)C)cc5)c5ccc2[nH]5)C=C4)C=C3)cc1. The van der Waals surface area contributed by atoms with Gasteiger partial charge in [0.25, 0.3) is 0 Å². The summed E-state index contributed by atoms with van der Waals surface area (Å²) < 4.78 is 27.9. The number of nitrogens with zero attached hydrogens (tertiary/aromatic N) is 5. The molecule has 2 aliphatic heterocycles. The average Bonchev–Trinajstić information content (AvgIpc) is 4.50. The molecule has 82 heavy (non-hydrogen) atoms. The van der Waals surface area contributed by atoms with Gasteiger partial charge in [-0.1, -0.05) is 94.0 Å². The molecule has 0 spiro atoms. The number of rotatable bonds is 28. The Morgan fingerprint density at radius 1 is 0.305 bits per heavy atom. The van der Waals surface area contributed by atoms with Gasteiger partial charge in [-0.25, -0.2) is 9.97 Å². The van der Waals surface area contributed by atoms with Crippen molar-refractivity contribution in [2.75, 3.05) is 109 Å². The average molecular weight is 1110 g/mol. The first-order valence-electron chi connectivity index (χ1n) is 30.0. The molecule has 5 heterocycles. The maximum absolute atomic E-state index is 6.34. The third-order valence-electron chi connectivity index (χ3n) is 15.1. The van der Waals surface area contributed by atoms with E-state index in [1.54, 1.807) is 0 Å². The maximum Gasteiger partial charge on any atom is 0.119 e. The lowest BCUT2D eigenvalue weighted by atomic mass is 10.0. The van der Waals surface area contributed by atoms with Crippen LogP contribution in [-0.4, -0.2) is 143 Å². The summed E-state index contributed by atoms with van der Waals surface area (Å²) >= 11 is 0. The highest BCUT2D eigenvalue weighted by Crippen LogP contribution is 2.40. The van der Waals surface area contributed by atoms with Gasteiger partial charge in [0.15, 0.2) is 0 Å². The number of H-pyrrole nitrogens is 2. The van der Waals surface area contributed by atoms with Crippen LogP contribution < -0.4 is 18.9 Å². The summed E-state index contributed by atoms with van der Waals surface area (Å²) in [6, 6.07) is 42.7. The maximum atomic E-state index is 6.34. The van der Waals surface area contributed by atoms with Crippen molar-refractivity contribution in [1.29, 1.82) is 0 Å². The molecule has 7 aromatic rings. The van der Waals surface area contributed by atoms with Crippen molar-refractivity contribution < 1.29 is 32.4 Å². The fourth-order valence-electron chi connectivity index (χ4n) is 10.7. The first-order valence-corrected chi connectivity index (χ1v) is 30.0. The van der Waals surface area contributed by atoms with Crippen molar-refractivity contribution in [3.8, 4) is 67.5 Å². The van der Waals surface area contributed by atoms with Crippen molar-refractivity contribution in [1.82, 2.24) is 19.9 Å². The van der Waals surface area contributed by atoms with Crippen molar-refractivity contribution in [3.63, 3.8) is 0 Å². The minimum absolute atomic E-state index is 0.654. The van der Waals surface area contributed by atoms with E-state index in [4.69, 9.17) is 28.9 Å². The van der Waals surface area contributed by atoms with Gasteiger partial charge in [0.05, 0.1) is 132 Å². The number of nitrogens with one attached hydrogen (secondary N) is 2. The third-order valence-corrected chi connectivity index (χ3v) is 15.1. The topological polar surface area (TPSA) is 94.3 Å². The van der Waals surface area contributed by atoms with E-state index in [2.05, 4.69) is 226 Å². The summed E-state index contributed by atoms with van der Waals surface area (Å²) in [5.74, 6) is 3.40. The minimum atomic E-state index is 0.654. The number of aromatic amines is 2. The van der Waals surface area contributed by atoms with Crippen molar-refractivity contribution in [3.05, 3.63) is 144 Å². The molecule has 11 heteroatoms. The Morgan fingerprint density at radius 2 is 0.549 bits per heavy atom. The minimum Gasteiger partial charge on any atom is -0.494 e. The fourth-order valence-corrected chi connectivity index (χ4v) is 10.7. The van der Waals surface area contributed by atoms with Crippen LogP contribution in [0.2, 0.25) is 0 Å². The van der Waals surface area contributed by atoms with Gasteiger partial charge in [0.1, 0.15) is 23.0 Å². The number of benzene rings is 4. The second kappa shape index (κ2) is 27.1. The molecule has 0 atom stereocenters. The van der Waals surface area contributed by atoms with Crippen LogP contribution in [0.15, 0.2) is 121 Å². The lowest BCUT2D eigenvalue weighted by molar-refractivity contribution is -0.870. The standard InChI is InChI=1S/C71H90N7O4/c1-11-12-13-14-15-16-17-48-79-56-29-21-52(22-30-56)68-60-37-39-62(72-60)69(53-23-31-57(32-24-53)80-49-18-45-76(2,3)4)64-41-43-66(74-64)71(55-27-35-59(36-28-55)82-51-20-47-78(8,9)10)67-44-42-65(75-67)70(63-40-38-61(68)73-63)54-25-33-58(34-26-54)81-50-19-46-77(5,6)7/h21-44,72,75H,11-20,45-51H2,1-10H3/q+3. The largest absolute Gasteiger partial charge is 0.494 e. The number of fused-ring (bicyclic) bond motifs is 8. The van der Waals surface area contributed by atoms with Crippen molar-refractivity contribution in [2.24, 2.45) is 0 Å². The molecule has 2 aliphatic rings. The van der Waals surface area contributed by atoms with E-state index in [1.165, 1.54) is 38.5 Å². The number of hydrogen-bond donors (Lipinski definition) is 2. The highest BCUT2D eigenvalue weighted by Gasteiger charge is 2.20. The third kappa shape index (κ3) is 16.4. The lowest BCUT2D eigenvalue weighted by Crippen LogP contribution is -2.36. The lowest BCUT2D eigenvalue weighted by Gasteiger charge is -2.23. The summed E-state index contributed by atoms with van der Waals surface area (Å²) in [5.41, 5.74) is 15.1. The van der Waals surface area contributed by atoms with E-state index in [1.807, 2.05) is 0 Å². The van der Waals surface area contributed by atoms with Crippen LogP contribution >= 0.6 is 0 Å². The van der Waals surface area contributed by atoms with Gasteiger partial charge in [-0.15, -0.1) is 0 Å². The Kier molecular flexibility index (Phi) is 19.6. The van der Waals surface area contributed by atoms with Crippen LogP contribution in [0.3, 0.4) is 0 Å². The Hall–Kier alpha value is -7.44. The number of ether oxygens (including phenoxy) is 4. The second-order valence-electron chi connectivity index (χ2n) is 25.2. The molecule has 2 N–H and O–H groups in total. The summed E-state index contributed by atoms with van der Waals surface area (Å²) in [4.78, 5) is 19.0. The molecule has 0 unspecified atom stereocenters. The van der Waals surface area contributed by atoms with E-state index in [0.717, 1.165) is 171 Å². The molecule has 0 saturated carbocycles. The van der Waals surface area contributed by atoms with Crippen LogP contribution in [0, 0.1) is 0 Å². The molecule has 11 nitrogen and oxygen atoms in total. The van der Waals surface area contributed by atoms with E-state index in [-0.39, 0.29) is 0 Å². The molecule has 3 aromatic heterocycles. The van der Waals surface area contributed by atoms with Gasteiger partial charge in [-0.2, -0.15) is 0 Å². The predicted molar refractivity (Wildman–Crippen MR) is 343 cm³/mol. The molecule has 0 aliphatic carbocycles. The summed E-state index contributed by atoms with van der Waals surface area (Å²) in [5, 5.41) is 0. The molecule has 9 rings (SSSR count). The van der Waals surface area contributed by atoms with Crippen molar-refractivity contribution in [2.45, 2.75) is 71.1 Å². The number of quaternary nitrogens is 3. The quantitative estimate of drug-likeness (QED) is 0.0375. The van der Waals surface area contributed by atoms with Gasteiger partial charge in [0.2, 0.25) is 0 Å². The molecule has 0 radical (unpaired) electrons. The molecule has 8 bridgehead atoms. The Morgan fingerprint density at radius 3 is 0.805 bits per heavy atom. The number of unbranched alkanes of at least 4 members (excludes halogenated alkanes) is 6. The Labute approximate surface area is 488 Å². The van der Waals surface area contributed by atoms with Gasteiger partial charge in [-0.05, 0) is 126 Å². The second-order valence-corrected chi connectivity index (χ2v) is 25.2. The number of hydrogen-bond acceptors (Lipinski definition) is 6. The molecule has 0 amide bonds. The first-order chi connectivity index (χ1) is 39.5. The van der Waals surface area contributed by atoms with Crippen LogP contribution in [0.5, 0.6) is 23.0 Å². The summed E-state index contributed by atoms with van der Waals surface area (Å²) in [7, 11) is 19.9. The monoisotopic (exact) mass is 1100 g/mol. The highest BCUT2D eigenvalue weighted by molar-refractivity contribution is 6.00. The van der Waals surface area contributed by atoms with Crippen LogP contribution in [0.1, 0.15) is 93.9 Å². The Bertz CT molecular complexity index is 3380. The number of aromatic nitrogens is 4. The van der Waals surface area contributed by atoms with Crippen LogP contribution in [0.4, 0.5) is 0 Å². The Balaban J connectivity index is 1.20. The zero-order valence-electron chi connectivity index (χ0n) is 50.7.